The Labute approximate surface area is 171 Å². The third-order valence-electron chi connectivity index (χ3n) is 7.09. The molecule has 3 rings (SSSR count). The highest BCUT2D eigenvalue weighted by molar-refractivity contribution is 6.17. The lowest BCUT2D eigenvalue weighted by Gasteiger charge is -2.54. The molecule has 29 heavy (non-hydrogen) atoms. The van der Waals surface area contributed by atoms with E-state index in [0.29, 0.717) is 17.6 Å². The van der Waals surface area contributed by atoms with E-state index in [4.69, 9.17) is 9.47 Å². The Morgan fingerprint density at radius 2 is 1.59 bits per heavy atom. The molecule has 0 saturated heterocycles. The number of benzene rings is 1. The van der Waals surface area contributed by atoms with E-state index in [2.05, 4.69) is 6.58 Å². The van der Waals surface area contributed by atoms with Crippen molar-refractivity contribution >= 4 is 11.6 Å². The summed E-state index contributed by atoms with van der Waals surface area (Å²) in [6, 6.07) is 3.41. The minimum Gasteiger partial charge on any atom is -0.502 e. The van der Waals surface area contributed by atoms with Crippen molar-refractivity contribution in [1.29, 1.82) is 0 Å². The van der Waals surface area contributed by atoms with Gasteiger partial charge in [-0.25, -0.2) is 0 Å². The second kappa shape index (κ2) is 6.90. The van der Waals surface area contributed by atoms with Crippen LogP contribution in [0.25, 0.3) is 0 Å². The molecular formula is C24H28O5. The number of hydrogen-bond acceptors (Lipinski definition) is 5. The quantitative estimate of drug-likeness (QED) is 0.811. The van der Waals surface area contributed by atoms with Crippen molar-refractivity contribution in [3.8, 4) is 17.2 Å². The average Bonchev–Trinajstić information content (AvgIpc) is 2.72. The summed E-state index contributed by atoms with van der Waals surface area (Å²) >= 11 is 0. The highest BCUT2D eigenvalue weighted by Gasteiger charge is 2.63. The van der Waals surface area contributed by atoms with Gasteiger partial charge in [-0.15, -0.1) is 0 Å². The minimum atomic E-state index is -1.01. The molecule has 0 unspecified atom stereocenters. The molecule has 5 heteroatoms. The molecule has 3 atom stereocenters. The second-order valence-electron chi connectivity index (χ2n) is 8.26. The molecule has 1 aromatic carbocycles. The number of carbonyl (C=O) groups excluding carboxylic acids is 2. The summed E-state index contributed by atoms with van der Waals surface area (Å²) < 4.78 is 10.7. The van der Waals surface area contributed by atoms with Crippen molar-refractivity contribution < 1.29 is 24.2 Å². The van der Waals surface area contributed by atoms with Crippen LogP contribution in [0.15, 0.2) is 47.6 Å². The zero-order valence-corrected chi connectivity index (χ0v) is 17.9. The Morgan fingerprint density at radius 1 is 1.07 bits per heavy atom. The van der Waals surface area contributed by atoms with Crippen LogP contribution in [0, 0.1) is 10.8 Å². The molecule has 0 radical (unpaired) electrons. The number of rotatable bonds is 4. The summed E-state index contributed by atoms with van der Waals surface area (Å²) in [6.07, 6.45) is 4.19. The molecular weight excluding hydrogens is 368 g/mol. The molecule has 0 bridgehead atoms. The first-order chi connectivity index (χ1) is 13.6. The predicted molar refractivity (Wildman–Crippen MR) is 111 cm³/mol. The van der Waals surface area contributed by atoms with Crippen LogP contribution in [0.3, 0.4) is 0 Å². The lowest BCUT2D eigenvalue weighted by Crippen LogP contribution is -2.57. The fourth-order valence-corrected chi connectivity index (χ4v) is 4.97. The maximum absolute atomic E-state index is 13.7. The fraction of sp³-hybridized carbons (Fsp3) is 0.417. The van der Waals surface area contributed by atoms with Crippen LogP contribution in [-0.4, -0.2) is 30.9 Å². The van der Waals surface area contributed by atoms with Crippen LogP contribution < -0.4 is 9.47 Å². The number of ketones is 2. The molecule has 1 aromatic rings. The average molecular weight is 396 g/mol. The van der Waals surface area contributed by atoms with Crippen LogP contribution >= 0.6 is 0 Å². The number of methoxy groups -OCH3 is 2. The molecule has 0 amide bonds. The Kier molecular flexibility index (Phi) is 4.98. The van der Waals surface area contributed by atoms with Crippen LogP contribution in [0.4, 0.5) is 0 Å². The van der Waals surface area contributed by atoms with Gasteiger partial charge in [0.05, 0.1) is 19.6 Å². The molecule has 2 aliphatic carbocycles. The van der Waals surface area contributed by atoms with E-state index in [9.17, 15) is 14.7 Å². The standard InChI is InChI=1S/C24H28O5/c1-8-15-9-10-23(4)21(26)13(2)14(3)22(27)24(23,5)19(15)16-11-17(28-6)20(25)18(12-16)29-7/h8-9,11-12,19,25H,1,10H2,2-7H3/t19-,23+,24-/m1/s1. The smallest absolute Gasteiger partial charge is 0.200 e. The molecule has 0 saturated carbocycles. The van der Waals surface area contributed by atoms with Crippen molar-refractivity contribution in [2.24, 2.45) is 10.8 Å². The molecule has 0 aromatic heterocycles. The fourth-order valence-electron chi connectivity index (χ4n) is 4.97. The van der Waals surface area contributed by atoms with Gasteiger partial charge in [0.2, 0.25) is 5.75 Å². The van der Waals surface area contributed by atoms with Gasteiger partial charge in [-0.2, -0.15) is 0 Å². The molecule has 0 spiro atoms. The number of hydrogen-bond donors (Lipinski definition) is 1. The van der Waals surface area contributed by atoms with Gasteiger partial charge in [0.15, 0.2) is 23.1 Å². The molecule has 0 fully saturated rings. The summed E-state index contributed by atoms with van der Waals surface area (Å²) in [7, 11) is 2.92. The third-order valence-corrected chi connectivity index (χ3v) is 7.09. The Morgan fingerprint density at radius 3 is 2.07 bits per heavy atom. The molecule has 2 aliphatic rings. The van der Waals surface area contributed by atoms with Gasteiger partial charge in [0, 0.05) is 11.3 Å². The first-order valence-electron chi connectivity index (χ1n) is 9.62. The van der Waals surface area contributed by atoms with Crippen molar-refractivity contribution in [2.45, 2.75) is 40.0 Å². The Balaban J connectivity index is 2.37. The van der Waals surface area contributed by atoms with Gasteiger partial charge in [-0.1, -0.05) is 32.6 Å². The zero-order valence-electron chi connectivity index (χ0n) is 17.9. The van der Waals surface area contributed by atoms with E-state index >= 15 is 0 Å². The van der Waals surface area contributed by atoms with Gasteiger partial charge in [-0.3, -0.25) is 9.59 Å². The van der Waals surface area contributed by atoms with Gasteiger partial charge < -0.3 is 14.6 Å². The number of phenols is 1. The largest absolute Gasteiger partial charge is 0.502 e. The Hall–Kier alpha value is -2.82. The van der Waals surface area contributed by atoms with E-state index in [0.717, 1.165) is 11.1 Å². The molecule has 0 heterocycles. The third kappa shape index (κ3) is 2.60. The van der Waals surface area contributed by atoms with Gasteiger partial charge in [0.1, 0.15) is 0 Å². The maximum Gasteiger partial charge on any atom is 0.200 e. The van der Waals surface area contributed by atoms with E-state index in [1.54, 1.807) is 32.1 Å². The van der Waals surface area contributed by atoms with Crippen LogP contribution in [-0.2, 0) is 9.59 Å². The van der Waals surface area contributed by atoms with E-state index in [1.807, 2.05) is 19.9 Å². The summed E-state index contributed by atoms with van der Waals surface area (Å²) in [5, 5.41) is 10.3. The van der Waals surface area contributed by atoms with E-state index in [1.165, 1.54) is 14.2 Å². The SMILES string of the molecule is C=CC1=CC[C@@]2(C)C(=O)C(C)=C(C)C(=O)[C@@]2(C)[C@H]1c1cc(OC)c(O)c(OC)c1. The Bertz CT molecular complexity index is 958. The first kappa shape index (κ1) is 20.9. The van der Waals surface area contributed by atoms with Crippen LogP contribution in [0.5, 0.6) is 17.2 Å². The number of carbonyl (C=O) groups is 2. The summed E-state index contributed by atoms with van der Waals surface area (Å²) in [6.45, 7) is 11.1. The maximum atomic E-state index is 13.7. The molecule has 5 nitrogen and oxygen atoms in total. The molecule has 1 N–H and O–H groups in total. The van der Waals surface area contributed by atoms with E-state index in [-0.39, 0.29) is 28.8 Å². The topological polar surface area (TPSA) is 72.8 Å². The number of phenolic OH excluding ortho intramolecular Hbond substituents is 1. The monoisotopic (exact) mass is 396 g/mol. The second-order valence-corrected chi connectivity index (χ2v) is 8.26. The molecule has 0 aliphatic heterocycles. The van der Waals surface area contributed by atoms with E-state index < -0.39 is 16.7 Å². The number of Topliss-reactive ketones (excluding diaryl/α,β-unsaturated/α-hetero) is 2. The summed E-state index contributed by atoms with van der Waals surface area (Å²) in [5.74, 6) is -0.0979. The van der Waals surface area contributed by atoms with Crippen molar-refractivity contribution in [3.05, 3.63) is 53.1 Å². The lowest BCUT2D eigenvalue weighted by atomic mass is 9.45. The van der Waals surface area contributed by atoms with Crippen LogP contribution in [0.1, 0.15) is 45.6 Å². The van der Waals surface area contributed by atoms with Crippen molar-refractivity contribution in [2.75, 3.05) is 14.2 Å². The minimum absolute atomic E-state index is 0.000768. The number of fused-ring (bicyclic) bond motifs is 1. The number of ether oxygens (including phenoxy) is 2. The first-order valence-corrected chi connectivity index (χ1v) is 9.62. The van der Waals surface area contributed by atoms with Crippen molar-refractivity contribution in [1.82, 2.24) is 0 Å². The number of allylic oxidation sites excluding steroid dienone is 5. The van der Waals surface area contributed by atoms with Crippen molar-refractivity contribution in [3.63, 3.8) is 0 Å². The van der Waals surface area contributed by atoms with Gasteiger partial charge in [0.25, 0.3) is 0 Å². The summed E-state index contributed by atoms with van der Waals surface area (Å²) in [5.41, 5.74) is 0.730. The predicted octanol–water partition coefficient (Wildman–Crippen LogP) is 4.51. The number of aromatic hydroxyl groups is 1. The molecule has 154 valence electrons. The van der Waals surface area contributed by atoms with Gasteiger partial charge >= 0.3 is 0 Å². The zero-order chi connectivity index (χ0) is 21.7. The lowest BCUT2D eigenvalue weighted by molar-refractivity contribution is -0.147. The van der Waals surface area contributed by atoms with Gasteiger partial charge in [-0.05, 0) is 54.7 Å². The van der Waals surface area contributed by atoms with Crippen LogP contribution in [0.2, 0.25) is 0 Å². The highest BCUT2D eigenvalue weighted by atomic mass is 16.5. The highest BCUT2D eigenvalue weighted by Crippen LogP contribution is 2.62. The normalized spacial score (nSPS) is 29.3. The summed E-state index contributed by atoms with van der Waals surface area (Å²) in [4.78, 5) is 27.0.